The first-order valence-corrected chi connectivity index (χ1v) is 6.65. The molecule has 2 heterocycles. The number of halogens is 3. The topological polar surface area (TPSA) is 60.9 Å². The van der Waals surface area contributed by atoms with E-state index in [1.165, 1.54) is 4.90 Å². The number of carbonyl (C=O) groups excluding carboxylic acids is 1. The van der Waals surface area contributed by atoms with Crippen LogP contribution in [-0.2, 0) is 4.79 Å². The van der Waals surface area contributed by atoms with Crippen LogP contribution in [-0.4, -0.2) is 58.8 Å². The Balaban J connectivity index is 2.03. The van der Waals surface area contributed by atoms with Crippen molar-refractivity contribution in [2.75, 3.05) is 19.6 Å². The van der Waals surface area contributed by atoms with Gasteiger partial charge in [-0.15, -0.1) is 0 Å². The highest BCUT2D eigenvalue weighted by molar-refractivity contribution is 5.83. The van der Waals surface area contributed by atoms with Crippen LogP contribution in [0.25, 0.3) is 0 Å². The molecule has 2 amide bonds. The minimum Gasteiger partial charge on any atom is -0.480 e. The van der Waals surface area contributed by atoms with Gasteiger partial charge in [-0.2, -0.15) is 13.2 Å². The summed E-state index contributed by atoms with van der Waals surface area (Å²) in [4.78, 5) is 25.6. The van der Waals surface area contributed by atoms with Crippen molar-refractivity contribution < 1.29 is 27.9 Å². The number of carboxylic acid groups (broad SMARTS) is 1. The van der Waals surface area contributed by atoms with Crippen molar-refractivity contribution in [3.8, 4) is 0 Å². The predicted octanol–water partition coefficient (Wildman–Crippen LogP) is 1.93. The van der Waals surface area contributed by atoms with E-state index >= 15 is 0 Å². The van der Waals surface area contributed by atoms with Crippen LogP contribution in [0.4, 0.5) is 18.0 Å². The number of carboxylic acids is 1. The number of nitrogens with zero attached hydrogens (tertiary/aromatic N) is 2. The van der Waals surface area contributed by atoms with Crippen LogP contribution in [0.15, 0.2) is 0 Å². The summed E-state index contributed by atoms with van der Waals surface area (Å²) >= 11 is 0. The predicted molar refractivity (Wildman–Crippen MR) is 63.1 cm³/mol. The number of alkyl halides is 3. The second kappa shape index (κ2) is 5.49. The molecule has 0 aromatic heterocycles. The molecular weight excluding hydrogens is 277 g/mol. The zero-order valence-electron chi connectivity index (χ0n) is 10.9. The highest BCUT2D eigenvalue weighted by Crippen LogP contribution is 2.33. The zero-order chi connectivity index (χ0) is 14.9. The fourth-order valence-electron chi connectivity index (χ4n) is 2.85. The monoisotopic (exact) mass is 294 g/mol. The van der Waals surface area contributed by atoms with Crippen LogP contribution in [0.1, 0.15) is 25.7 Å². The number of hydrogen-bond donors (Lipinski definition) is 1. The summed E-state index contributed by atoms with van der Waals surface area (Å²) in [6.07, 6.45) is -3.07. The maximum absolute atomic E-state index is 12.7. The first-order chi connectivity index (χ1) is 9.30. The second-order valence-corrected chi connectivity index (χ2v) is 5.30. The number of carbonyl (C=O) groups is 2. The summed E-state index contributed by atoms with van der Waals surface area (Å²) in [6, 6.07) is -1.49. The van der Waals surface area contributed by atoms with Crippen molar-refractivity contribution >= 4 is 12.0 Å². The molecule has 0 saturated carbocycles. The van der Waals surface area contributed by atoms with Crippen LogP contribution in [0.3, 0.4) is 0 Å². The quantitative estimate of drug-likeness (QED) is 0.804. The van der Waals surface area contributed by atoms with Crippen LogP contribution < -0.4 is 0 Å². The van der Waals surface area contributed by atoms with Gasteiger partial charge in [0.05, 0.1) is 5.92 Å². The molecule has 2 aliphatic rings. The van der Waals surface area contributed by atoms with E-state index in [1.807, 2.05) is 0 Å². The smallest absolute Gasteiger partial charge is 0.393 e. The van der Waals surface area contributed by atoms with Crippen molar-refractivity contribution in [3.63, 3.8) is 0 Å². The average molecular weight is 294 g/mol. The van der Waals surface area contributed by atoms with Gasteiger partial charge in [-0.3, -0.25) is 0 Å². The summed E-state index contributed by atoms with van der Waals surface area (Å²) in [5.74, 6) is -2.61. The van der Waals surface area contributed by atoms with Gasteiger partial charge in [0, 0.05) is 19.6 Å². The molecule has 2 unspecified atom stereocenters. The maximum Gasteiger partial charge on any atom is 0.393 e. The van der Waals surface area contributed by atoms with E-state index in [0.717, 1.165) is 4.90 Å². The Morgan fingerprint density at radius 3 is 2.35 bits per heavy atom. The Morgan fingerprint density at radius 1 is 1.10 bits per heavy atom. The van der Waals surface area contributed by atoms with Gasteiger partial charge in [-0.05, 0) is 25.7 Å². The number of amides is 2. The normalized spacial score (nSPS) is 27.8. The molecule has 0 aliphatic carbocycles. The standard InChI is InChI=1S/C12H17F3N2O3/c13-12(14,15)8-3-1-5-16(7-8)11(20)17-6-2-4-9(17)10(18)19/h8-9H,1-7H2,(H,18,19). The molecule has 2 saturated heterocycles. The molecule has 0 bridgehead atoms. The Hall–Kier alpha value is -1.47. The van der Waals surface area contributed by atoms with Crippen molar-refractivity contribution in [3.05, 3.63) is 0 Å². The van der Waals surface area contributed by atoms with E-state index in [-0.39, 0.29) is 19.5 Å². The molecule has 0 aromatic carbocycles. The summed E-state index contributed by atoms with van der Waals surface area (Å²) < 4.78 is 38.1. The number of likely N-dealkylation sites (tertiary alicyclic amines) is 2. The lowest BCUT2D eigenvalue weighted by Crippen LogP contribution is -2.52. The molecule has 0 spiro atoms. The number of hydrogen-bond acceptors (Lipinski definition) is 2. The van der Waals surface area contributed by atoms with E-state index in [1.54, 1.807) is 0 Å². The lowest BCUT2D eigenvalue weighted by molar-refractivity contribution is -0.184. The average Bonchev–Trinajstić information content (AvgIpc) is 2.86. The second-order valence-electron chi connectivity index (χ2n) is 5.30. The molecular formula is C12H17F3N2O3. The van der Waals surface area contributed by atoms with Crippen LogP contribution in [0.2, 0.25) is 0 Å². The van der Waals surface area contributed by atoms with E-state index < -0.39 is 30.1 Å². The van der Waals surface area contributed by atoms with Crippen molar-refractivity contribution in [2.24, 2.45) is 5.92 Å². The minimum absolute atomic E-state index is 0.0235. The molecule has 8 heteroatoms. The molecule has 5 nitrogen and oxygen atoms in total. The Morgan fingerprint density at radius 2 is 1.75 bits per heavy atom. The fraction of sp³-hybridized carbons (Fsp3) is 0.833. The molecule has 0 aromatic rings. The largest absolute Gasteiger partial charge is 0.480 e. The first kappa shape index (κ1) is 14.9. The third-order valence-corrected chi connectivity index (χ3v) is 3.94. The van der Waals surface area contributed by atoms with Gasteiger partial charge in [0.1, 0.15) is 6.04 Å². The minimum atomic E-state index is -4.31. The summed E-state index contributed by atoms with van der Waals surface area (Å²) in [7, 11) is 0. The van der Waals surface area contributed by atoms with Gasteiger partial charge >= 0.3 is 18.2 Å². The Labute approximate surface area is 114 Å². The molecule has 2 atom stereocenters. The van der Waals surface area contributed by atoms with E-state index in [4.69, 9.17) is 5.11 Å². The van der Waals surface area contributed by atoms with Gasteiger partial charge in [-0.1, -0.05) is 0 Å². The van der Waals surface area contributed by atoms with Gasteiger partial charge in [-0.25, -0.2) is 9.59 Å². The zero-order valence-corrected chi connectivity index (χ0v) is 10.9. The summed E-state index contributed by atoms with van der Waals surface area (Å²) in [5, 5.41) is 9.02. The highest BCUT2D eigenvalue weighted by Gasteiger charge is 2.44. The fourth-order valence-corrected chi connectivity index (χ4v) is 2.85. The van der Waals surface area contributed by atoms with Crippen LogP contribution >= 0.6 is 0 Å². The molecule has 0 radical (unpaired) electrons. The van der Waals surface area contributed by atoms with Gasteiger partial charge in [0.15, 0.2) is 0 Å². The van der Waals surface area contributed by atoms with E-state index in [2.05, 4.69) is 0 Å². The van der Waals surface area contributed by atoms with Gasteiger partial charge < -0.3 is 14.9 Å². The summed E-state index contributed by atoms with van der Waals surface area (Å²) in [5.41, 5.74) is 0. The molecule has 2 rings (SSSR count). The highest BCUT2D eigenvalue weighted by atomic mass is 19.4. The maximum atomic E-state index is 12.7. The molecule has 20 heavy (non-hydrogen) atoms. The first-order valence-electron chi connectivity index (χ1n) is 6.65. The lowest BCUT2D eigenvalue weighted by Gasteiger charge is -2.36. The number of aliphatic carboxylic acids is 1. The molecule has 1 N–H and O–H groups in total. The SMILES string of the molecule is O=C(O)C1CCCN1C(=O)N1CCCC(C(F)(F)F)C1. The Bertz CT molecular complexity index is 400. The summed E-state index contributed by atoms with van der Waals surface area (Å²) in [6.45, 7) is 0.183. The third-order valence-electron chi connectivity index (χ3n) is 3.94. The van der Waals surface area contributed by atoms with E-state index in [9.17, 15) is 22.8 Å². The van der Waals surface area contributed by atoms with Crippen molar-refractivity contribution in [2.45, 2.75) is 37.9 Å². The van der Waals surface area contributed by atoms with Gasteiger partial charge in [0.25, 0.3) is 0 Å². The molecule has 2 aliphatic heterocycles. The number of piperidine rings is 1. The third kappa shape index (κ3) is 2.99. The van der Waals surface area contributed by atoms with Gasteiger partial charge in [0.2, 0.25) is 0 Å². The van der Waals surface area contributed by atoms with Crippen molar-refractivity contribution in [1.82, 2.24) is 9.80 Å². The van der Waals surface area contributed by atoms with Crippen molar-refractivity contribution in [1.29, 1.82) is 0 Å². The number of urea groups is 1. The molecule has 114 valence electrons. The Kier molecular flexibility index (Phi) is 4.10. The van der Waals surface area contributed by atoms with E-state index in [0.29, 0.717) is 25.8 Å². The number of rotatable bonds is 1. The molecule has 2 fully saturated rings. The van der Waals surface area contributed by atoms with Crippen LogP contribution in [0, 0.1) is 5.92 Å². The van der Waals surface area contributed by atoms with Crippen LogP contribution in [0.5, 0.6) is 0 Å². The lowest BCUT2D eigenvalue weighted by atomic mass is 9.98.